The summed E-state index contributed by atoms with van der Waals surface area (Å²) in [5, 5.41) is 12.5. The van der Waals surface area contributed by atoms with Gasteiger partial charge < -0.3 is 19.3 Å². The van der Waals surface area contributed by atoms with Gasteiger partial charge >= 0.3 is 0 Å². The first-order valence-electron chi connectivity index (χ1n) is 26.9. The van der Waals surface area contributed by atoms with Crippen molar-refractivity contribution in [3.05, 3.63) is 223 Å². The van der Waals surface area contributed by atoms with Crippen LogP contribution >= 0.6 is 0 Å². The molecule has 0 amide bonds. The van der Waals surface area contributed by atoms with Crippen LogP contribution in [-0.4, -0.2) is 5.11 Å². The third-order valence-electron chi connectivity index (χ3n) is 14.7. The van der Waals surface area contributed by atoms with Gasteiger partial charge in [-0.2, -0.15) is 0 Å². The number of hydrogen-bond acceptors (Lipinski definition) is 4. The van der Waals surface area contributed by atoms with Gasteiger partial charge in [-0.25, -0.2) is 0 Å². The molecule has 0 aliphatic heterocycles. The summed E-state index contributed by atoms with van der Waals surface area (Å²) in [7, 11) is 0. The number of fused-ring (bicyclic) bond motifs is 8. The van der Waals surface area contributed by atoms with E-state index < -0.39 is 0 Å². The highest BCUT2D eigenvalue weighted by Crippen LogP contribution is 2.42. The van der Waals surface area contributed by atoms with Crippen LogP contribution in [-0.2, 0) is 80.0 Å². The molecule has 8 rings (SSSR count). The molecule has 0 unspecified atom stereocenters. The molecule has 7 aromatic rings. The summed E-state index contributed by atoms with van der Waals surface area (Å²) in [4.78, 5) is 0. The van der Waals surface area contributed by atoms with Crippen LogP contribution in [0.4, 0.5) is 0 Å². The predicted molar refractivity (Wildman–Crippen MR) is 304 cm³/mol. The summed E-state index contributed by atoms with van der Waals surface area (Å²) in [6.45, 7) is 29.0. The number of benzene rings is 7. The van der Waals surface area contributed by atoms with E-state index in [0.29, 0.717) is 38.4 Å². The number of ether oxygens (including phenoxy) is 3. The van der Waals surface area contributed by atoms with E-state index >= 15 is 0 Å². The van der Waals surface area contributed by atoms with Crippen LogP contribution in [0.1, 0.15) is 179 Å². The van der Waals surface area contributed by atoms with Gasteiger partial charge in [0.2, 0.25) is 0 Å². The number of hydrogen-bond donors (Lipinski definition) is 1. The first-order valence-corrected chi connectivity index (χ1v) is 26.9. The molecule has 0 atom stereocenters. The minimum atomic E-state index is -0.128. The molecule has 8 bridgehead atoms. The highest BCUT2D eigenvalue weighted by atomic mass is 16.5. The van der Waals surface area contributed by atoms with Crippen molar-refractivity contribution in [1.82, 2.24) is 0 Å². The fourth-order valence-electron chi connectivity index (χ4n) is 10.1. The standard InChI is InChI=1S/C69H82O4/c1-66(2,3)58-36-50-30-22-31-51-37-60(68(7,8)9)42-56(64(51)72-45-48-26-18-14-19-27-48)35-57-43-61(69(10,11)12)39-53(65(57)73-46-49-28-20-15-21-29-49)33-23-32-52-38-59(67(4,5)6)41-55(34-54(40-58)62(50)70)63(52)71-44-47-24-16-13-17-25-47/h13-21,24-29,36-43,70H,22-23,30-35,44-46H2,1-12H3. The maximum absolute atomic E-state index is 12.5. The molecule has 0 fully saturated rings. The second-order valence-corrected chi connectivity index (χ2v) is 24.9. The van der Waals surface area contributed by atoms with Gasteiger partial charge in [-0.3, -0.25) is 0 Å². The van der Waals surface area contributed by atoms with Gasteiger partial charge in [0.05, 0.1) is 0 Å². The summed E-state index contributed by atoms with van der Waals surface area (Å²) in [5.74, 6) is 3.23. The van der Waals surface area contributed by atoms with E-state index in [4.69, 9.17) is 14.2 Å². The molecular weight excluding hydrogens is 893 g/mol. The molecule has 0 saturated heterocycles. The number of phenolic OH excluding ortho intramolecular Hbond substituents is 1. The zero-order valence-electron chi connectivity index (χ0n) is 46.2. The lowest BCUT2D eigenvalue weighted by Crippen LogP contribution is -2.16. The zero-order chi connectivity index (χ0) is 52.1. The van der Waals surface area contributed by atoms with E-state index in [1.807, 2.05) is 0 Å². The van der Waals surface area contributed by atoms with Crippen molar-refractivity contribution in [2.75, 3.05) is 0 Å². The lowest BCUT2D eigenvalue weighted by atomic mass is 9.80. The van der Waals surface area contributed by atoms with Crippen molar-refractivity contribution in [3.8, 4) is 23.0 Å². The number of rotatable bonds is 9. The van der Waals surface area contributed by atoms with Crippen molar-refractivity contribution in [2.45, 2.75) is 176 Å². The highest BCUT2D eigenvalue weighted by molar-refractivity contribution is 5.56. The van der Waals surface area contributed by atoms with E-state index in [0.717, 1.165) is 89.2 Å². The van der Waals surface area contributed by atoms with E-state index in [1.165, 1.54) is 50.1 Å². The Morgan fingerprint density at radius 2 is 0.575 bits per heavy atom. The summed E-state index contributed by atoms with van der Waals surface area (Å²) < 4.78 is 21.4. The molecule has 0 spiro atoms. The average Bonchev–Trinajstić information content (AvgIpc) is 3.33. The SMILES string of the molecule is CC(C)(C)c1cc2c(O)c(c1)Cc1cc(C(C)(C)C)cc(c1OCc1ccccc1)CCCc1cc(C(C)(C)C)cc(c1OCc1ccccc1)Cc1cc(C(C)(C)C)cc(c1OCc1ccccc1)CCC2. The molecule has 1 aliphatic carbocycles. The lowest BCUT2D eigenvalue weighted by molar-refractivity contribution is 0.295. The molecule has 0 heterocycles. The van der Waals surface area contributed by atoms with Crippen molar-refractivity contribution in [1.29, 1.82) is 0 Å². The third-order valence-corrected chi connectivity index (χ3v) is 14.7. The molecule has 1 N–H and O–H groups in total. The summed E-state index contributed by atoms with van der Waals surface area (Å²) in [5.41, 5.74) is 17.0. The van der Waals surface area contributed by atoms with Crippen LogP contribution in [0.3, 0.4) is 0 Å². The molecule has 4 heteroatoms. The van der Waals surface area contributed by atoms with E-state index in [1.54, 1.807) is 0 Å². The van der Waals surface area contributed by atoms with Crippen molar-refractivity contribution in [2.24, 2.45) is 0 Å². The number of aryl methyl sites for hydroxylation is 4. The Morgan fingerprint density at radius 1 is 0.329 bits per heavy atom. The molecule has 0 saturated carbocycles. The predicted octanol–water partition coefficient (Wildman–Crippen LogP) is 17.2. The van der Waals surface area contributed by atoms with Crippen LogP contribution in [0, 0.1) is 0 Å². The first-order chi connectivity index (χ1) is 34.6. The van der Waals surface area contributed by atoms with Crippen LogP contribution in [0.25, 0.3) is 0 Å². The Labute approximate surface area is 439 Å². The molecule has 4 nitrogen and oxygen atoms in total. The van der Waals surface area contributed by atoms with Crippen molar-refractivity contribution < 1.29 is 19.3 Å². The number of phenols is 1. The smallest absolute Gasteiger partial charge is 0.126 e. The molecule has 0 radical (unpaired) electrons. The summed E-state index contributed by atoms with van der Waals surface area (Å²) in [6.07, 6.45) is 6.04. The van der Waals surface area contributed by atoms with Gasteiger partial charge in [0.15, 0.2) is 0 Å². The van der Waals surface area contributed by atoms with Crippen molar-refractivity contribution in [3.63, 3.8) is 0 Å². The second-order valence-electron chi connectivity index (χ2n) is 24.9. The van der Waals surface area contributed by atoms with Crippen LogP contribution in [0.5, 0.6) is 23.0 Å². The Balaban J connectivity index is 1.35. The minimum absolute atomic E-state index is 0.108. The van der Waals surface area contributed by atoms with Gasteiger partial charge in [0, 0.05) is 12.8 Å². The molecule has 73 heavy (non-hydrogen) atoms. The lowest BCUT2D eigenvalue weighted by Gasteiger charge is -2.27. The monoisotopic (exact) mass is 975 g/mol. The molecule has 382 valence electrons. The third kappa shape index (κ3) is 13.5. The summed E-state index contributed by atoms with van der Waals surface area (Å²) >= 11 is 0. The topological polar surface area (TPSA) is 47.9 Å². The van der Waals surface area contributed by atoms with Gasteiger partial charge in [0.25, 0.3) is 0 Å². The van der Waals surface area contributed by atoms with E-state index in [9.17, 15) is 5.11 Å². The molecule has 0 aromatic heterocycles. The minimum Gasteiger partial charge on any atom is -0.507 e. The fourth-order valence-corrected chi connectivity index (χ4v) is 10.1. The Bertz CT molecular complexity index is 2970. The molecule has 7 aromatic carbocycles. The van der Waals surface area contributed by atoms with Crippen LogP contribution in [0.2, 0.25) is 0 Å². The Hall–Kier alpha value is -6.26. The second kappa shape index (κ2) is 22.1. The maximum Gasteiger partial charge on any atom is 0.126 e. The average molecular weight is 975 g/mol. The van der Waals surface area contributed by atoms with Crippen LogP contribution in [0.15, 0.2) is 140 Å². The fraction of sp³-hybridized carbons (Fsp3) is 0.391. The van der Waals surface area contributed by atoms with Crippen molar-refractivity contribution >= 4 is 0 Å². The van der Waals surface area contributed by atoms with E-state index in [-0.39, 0.29) is 21.7 Å². The van der Waals surface area contributed by atoms with E-state index in [2.05, 4.69) is 223 Å². The highest BCUT2D eigenvalue weighted by Gasteiger charge is 2.27. The maximum atomic E-state index is 12.5. The molecular formula is C69H82O4. The van der Waals surface area contributed by atoms with Gasteiger partial charge in [0.1, 0.15) is 42.8 Å². The summed E-state index contributed by atoms with van der Waals surface area (Å²) in [6, 6.07) is 50.5. The Kier molecular flexibility index (Phi) is 16.0. The van der Waals surface area contributed by atoms with Gasteiger partial charge in [-0.1, -0.05) is 223 Å². The van der Waals surface area contributed by atoms with Gasteiger partial charge in [-0.05, 0) is 144 Å². The van der Waals surface area contributed by atoms with Crippen LogP contribution < -0.4 is 14.2 Å². The number of aromatic hydroxyl groups is 1. The van der Waals surface area contributed by atoms with Gasteiger partial charge in [-0.15, -0.1) is 0 Å². The molecule has 1 aliphatic rings. The Morgan fingerprint density at radius 3 is 0.877 bits per heavy atom. The normalized spacial score (nSPS) is 13.8. The largest absolute Gasteiger partial charge is 0.507 e. The quantitative estimate of drug-likeness (QED) is 0.157. The first kappa shape index (κ1) is 53.0. The zero-order valence-corrected chi connectivity index (χ0v) is 46.2.